The summed E-state index contributed by atoms with van der Waals surface area (Å²) in [6, 6.07) is 8.12. The van der Waals surface area contributed by atoms with E-state index in [0.717, 1.165) is 5.69 Å². The highest BCUT2D eigenvalue weighted by molar-refractivity contribution is 6.30. The Bertz CT molecular complexity index is 403. The molecule has 0 N–H and O–H groups in total. The van der Waals surface area contributed by atoms with Crippen molar-refractivity contribution in [1.29, 1.82) is 0 Å². The van der Waals surface area contributed by atoms with Gasteiger partial charge in [0.2, 0.25) is 0 Å². The molecule has 0 amide bonds. The molecule has 0 saturated carbocycles. The third-order valence-corrected chi connectivity index (χ3v) is 2.04. The van der Waals surface area contributed by atoms with Gasteiger partial charge in [-0.3, -0.25) is 0 Å². The molecule has 2 aromatic rings. The van der Waals surface area contributed by atoms with Crippen LogP contribution in [0.5, 0.6) is 0 Å². The highest BCUT2D eigenvalue weighted by atomic mass is 35.5. The van der Waals surface area contributed by atoms with Crippen LogP contribution >= 0.6 is 11.6 Å². The average Bonchev–Trinajstić information content (AvgIpc) is 2.53. The number of hydrogen-bond acceptors (Lipinski definition) is 1. The first-order valence-corrected chi connectivity index (χ1v) is 4.41. The van der Waals surface area contributed by atoms with Gasteiger partial charge in [0.15, 0.2) is 0 Å². The summed E-state index contributed by atoms with van der Waals surface area (Å²) in [5.41, 5.74) is 2.26. The lowest BCUT2D eigenvalue weighted by molar-refractivity contribution is 0.880. The van der Waals surface area contributed by atoms with Crippen molar-refractivity contribution in [2.45, 2.75) is 6.92 Å². The van der Waals surface area contributed by atoms with Crippen LogP contribution in [0.15, 0.2) is 36.7 Å². The van der Waals surface area contributed by atoms with E-state index in [4.69, 9.17) is 11.6 Å². The molecule has 0 spiro atoms. The minimum absolute atomic E-state index is 0.653. The summed E-state index contributed by atoms with van der Waals surface area (Å²) in [7, 11) is 0. The molecule has 1 aromatic heterocycles. The standard InChI is InChI=1S/C10H9ClN2/c1-8-2-4-10(5-3-8)13-7-9(11)6-12-13/h2-7H,1H3. The quantitative estimate of drug-likeness (QED) is 0.680. The van der Waals surface area contributed by atoms with Crippen molar-refractivity contribution >= 4 is 11.6 Å². The Balaban J connectivity index is 2.41. The summed E-state index contributed by atoms with van der Waals surface area (Å²) >= 11 is 5.76. The van der Waals surface area contributed by atoms with Gasteiger partial charge in [-0.1, -0.05) is 29.3 Å². The maximum atomic E-state index is 5.76. The van der Waals surface area contributed by atoms with Crippen molar-refractivity contribution in [1.82, 2.24) is 9.78 Å². The average molecular weight is 193 g/mol. The van der Waals surface area contributed by atoms with Crippen LogP contribution in [0.2, 0.25) is 5.02 Å². The van der Waals surface area contributed by atoms with E-state index in [9.17, 15) is 0 Å². The van der Waals surface area contributed by atoms with Crippen molar-refractivity contribution in [2.75, 3.05) is 0 Å². The van der Waals surface area contributed by atoms with Crippen molar-refractivity contribution < 1.29 is 0 Å². The SMILES string of the molecule is Cc1ccc(-n2cc(Cl)cn2)cc1. The predicted molar refractivity (Wildman–Crippen MR) is 53.3 cm³/mol. The zero-order valence-corrected chi connectivity index (χ0v) is 7.99. The van der Waals surface area contributed by atoms with Crippen LogP contribution in [0.3, 0.4) is 0 Å². The summed E-state index contributed by atoms with van der Waals surface area (Å²) < 4.78 is 1.75. The Morgan fingerprint density at radius 3 is 2.46 bits per heavy atom. The van der Waals surface area contributed by atoms with Gasteiger partial charge in [-0.2, -0.15) is 5.10 Å². The second-order valence-corrected chi connectivity index (χ2v) is 3.38. The molecule has 0 saturated heterocycles. The summed E-state index contributed by atoms with van der Waals surface area (Å²) in [5.74, 6) is 0. The van der Waals surface area contributed by atoms with E-state index in [1.807, 2.05) is 24.3 Å². The lowest BCUT2D eigenvalue weighted by atomic mass is 10.2. The minimum Gasteiger partial charge on any atom is -0.239 e. The highest BCUT2D eigenvalue weighted by Gasteiger charge is 1.97. The van der Waals surface area contributed by atoms with Crippen LogP contribution in [0.4, 0.5) is 0 Å². The molecule has 1 heterocycles. The third kappa shape index (κ3) is 1.73. The number of halogens is 1. The number of rotatable bonds is 1. The van der Waals surface area contributed by atoms with E-state index in [-0.39, 0.29) is 0 Å². The van der Waals surface area contributed by atoms with Gasteiger partial charge in [0, 0.05) is 6.20 Å². The van der Waals surface area contributed by atoms with Gasteiger partial charge >= 0.3 is 0 Å². The summed E-state index contributed by atoms with van der Waals surface area (Å²) in [4.78, 5) is 0. The molecule has 0 unspecified atom stereocenters. The molecule has 3 heteroatoms. The molecule has 0 bridgehead atoms. The normalized spacial score (nSPS) is 10.3. The largest absolute Gasteiger partial charge is 0.239 e. The lowest BCUT2D eigenvalue weighted by Gasteiger charge is -2.00. The van der Waals surface area contributed by atoms with E-state index in [1.54, 1.807) is 17.1 Å². The molecule has 0 aliphatic heterocycles. The summed E-state index contributed by atoms with van der Waals surface area (Å²) in [5, 5.41) is 4.75. The van der Waals surface area contributed by atoms with Gasteiger partial charge < -0.3 is 0 Å². The first-order chi connectivity index (χ1) is 6.25. The van der Waals surface area contributed by atoms with Gasteiger partial charge in [-0.05, 0) is 19.1 Å². The molecule has 0 aliphatic rings. The van der Waals surface area contributed by atoms with Crippen LogP contribution in [0, 0.1) is 6.92 Å². The van der Waals surface area contributed by atoms with Crippen molar-refractivity contribution in [2.24, 2.45) is 0 Å². The molecule has 66 valence electrons. The maximum absolute atomic E-state index is 5.76. The Labute approximate surface area is 81.8 Å². The van der Waals surface area contributed by atoms with E-state index in [1.165, 1.54) is 5.56 Å². The monoisotopic (exact) mass is 192 g/mol. The van der Waals surface area contributed by atoms with Gasteiger partial charge in [0.1, 0.15) is 0 Å². The van der Waals surface area contributed by atoms with Crippen LogP contribution < -0.4 is 0 Å². The Kier molecular flexibility index (Phi) is 2.07. The third-order valence-electron chi connectivity index (χ3n) is 1.85. The first kappa shape index (κ1) is 8.32. The summed E-state index contributed by atoms with van der Waals surface area (Å²) in [6.07, 6.45) is 3.41. The molecule has 2 rings (SSSR count). The molecule has 0 radical (unpaired) electrons. The van der Waals surface area contributed by atoms with Gasteiger partial charge in [-0.25, -0.2) is 4.68 Å². The van der Waals surface area contributed by atoms with Gasteiger partial charge in [0.25, 0.3) is 0 Å². The Hall–Kier alpha value is -1.28. The highest BCUT2D eigenvalue weighted by Crippen LogP contribution is 2.12. The minimum atomic E-state index is 0.653. The van der Waals surface area contributed by atoms with Crippen molar-refractivity contribution in [3.63, 3.8) is 0 Å². The van der Waals surface area contributed by atoms with Crippen LogP contribution in [0.1, 0.15) is 5.56 Å². The van der Waals surface area contributed by atoms with E-state index in [2.05, 4.69) is 12.0 Å². The maximum Gasteiger partial charge on any atom is 0.0790 e. The number of aromatic nitrogens is 2. The molecule has 0 aliphatic carbocycles. The molecule has 1 aromatic carbocycles. The van der Waals surface area contributed by atoms with E-state index < -0.39 is 0 Å². The van der Waals surface area contributed by atoms with Crippen LogP contribution in [-0.4, -0.2) is 9.78 Å². The van der Waals surface area contributed by atoms with Gasteiger partial charge in [-0.15, -0.1) is 0 Å². The second-order valence-electron chi connectivity index (χ2n) is 2.94. The van der Waals surface area contributed by atoms with Crippen LogP contribution in [-0.2, 0) is 0 Å². The van der Waals surface area contributed by atoms with Crippen molar-refractivity contribution in [3.8, 4) is 5.69 Å². The van der Waals surface area contributed by atoms with E-state index in [0.29, 0.717) is 5.02 Å². The Morgan fingerprint density at radius 2 is 1.92 bits per heavy atom. The van der Waals surface area contributed by atoms with Crippen molar-refractivity contribution in [3.05, 3.63) is 47.2 Å². The predicted octanol–water partition coefficient (Wildman–Crippen LogP) is 2.83. The lowest BCUT2D eigenvalue weighted by Crippen LogP contribution is -1.93. The number of benzene rings is 1. The second kappa shape index (κ2) is 3.23. The fourth-order valence-electron chi connectivity index (χ4n) is 1.14. The molecule has 13 heavy (non-hydrogen) atoms. The van der Waals surface area contributed by atoms with Crippen LogP contribution in [0.25, 0.3) is 5.69 Å². The topological polar surface area (TPSA) is 17.8 Å². The first-order valence-electron chi connectivity index (χ1n) is 4.03. The van der Waals surface area contributed by atoms with Gasteiger partial charge in [0.05, 0.1) is 16.9 Å². The number of nitrogens with zero attached hydrogens (tertiary/aromatic N) is 2. The fraction of sp³-hybridized carbons (Fsp3) is 0.100. The van der Waals surface area contributed by atoms with E-state index >= 15 is 0 Å². The smallest absolute Gasteiger partial charge is 0.0790 e. The summed E-state index contributed by atoms with van der Waals surface area (Å²) in [6.45, 7) is 2.06. The number of hydrogen-bond donors (Lipinski definition) is 0. The zero-order chi connectivity index (χ0) is 9.26. The molecule has 2 nitrogen and oxygen atoms in total. The zero-order valence-electron chi connectivity index (χ0n) is 7.24. The number of aryl methyl sites for hydroxylation is 1. The Morgan fingerprint density at radius 1 is 1.23 bits per heavy atom. The molecule has 0 fully saturated rings. The molecular weight excluding hydrogens is 184 g/mol. The fourth-order valence-corrected chi connectivity index (χ4v) is 1.28. The molecule has 0 atom stereocenters. The molecular formula is C10H9ClN2.